The summed E-state index contributed by atoms with van der Waals surface area (Å²) in [5.41, 5.74) is 0.131. The maximum Gasteiger partial charge on any atom is 0.357 e. The van der Waals surface area contributed by atoms with Gasteiger partial charge >= 0.3 is 11.9 Å². The van der Waals surface area contributed by atoms with Gasteiger partial charge in [-0.25, -0.2) is 28.1 Å². The molecule has 118 valence electrons. The van der Waals surface area contributed by atoms with Crippen LogP contribution in [-0.4, -0.2) is 32.5 Å². The number of sulfonamides is 1. The molecular weight excluding hydrogens is 352 g/mol. The lowest BCUT2D eigenvalue weighted by Crippen LogP contribution is -2.11. The molecule has 0 aliphatic carbocycles. The highest BCUT2D eigenvalue weighted by molar-refractivity contribution is 7.89. The molecule has 0 unspecified atom stereocenters. The summed E-state index contributed by atoms with van der Waals surface area (Å²) in [6.45, 7) is -0.136. The molecular formula is C11H10N2O6S3. The minimum atomic E-state index is -3.85. The van der Waals surface area contributed by atoms with E-state index >= 15 is 0 Å². The van der Waals surface area contributed by atoms with Crippen LogP contribution in [0.1, 0.15) is 25.2 Å². The third-order valence-corrected chi connectivity index (χ3v) is 5.15. The van der Waals surface area contributed by atoms with Crippen molar-refractivity contribution in [2.45, 2.75) is 11.5 Å². The predicted octanol–water partition coefficient (Wildman–Crippen LogP) is 0.996. The molecule has 0 fully saturated rings. The summed E-state index contributed by atoms with van der Waals surface area (Å²) >= 11 is 2.05. The first-order valence-electron chi connectivity index (χ1n) is 5.62. The second kappa shape index (κ2) is 6.52. The van der Waals surface area contributed by atoms with E-state index in [1.807, 2.05) is 0 Å². The summed E-state index contributed by atoms with van der Waals surface area (Å²) < 4.78 is 31.8. The zero-order chi connectivity index (χ0) is 16.3. The van der Waals surface area contributed by atoms with Crippen LogP contribution < -0.4 is 5.14 Å². The highest BCUT2D eigenvalue weighted by atomic mass is 32.2. The van der Waals surface area contributed by atoms with E-state index in [9.17, 15) is 18.0 Å². The molecule has 2 aromatic rings. The van der Waals surface area contributed by atoms with Crippen LogP contribution >= 0.6 is 22.7 Å². The van der Waals surface area contributed by atoms with E-state index in [-0.39, 0.29) is 22.1 Å². The number of esters is 2. The van der Waals surface area contributed by atoms with Crippen molar-refractivity contribution in [2.24, 2.45) is 5.14 Å². The van der Waals surface area contributed by atoms with Gasteiger partial charge in [0.25, 0.3) is 0 Å². The molecule has 2 aromatic heterocycles. The Morgan fingerprint density at radius 1 is 1.27 bits per heavy atom. The van der Waals surface area contributed by atoms with Crippen LogP contribution in [0.4, 0.5) is 0 Å². The lowest BCUT2D eigenvalue weighted by Gasteiger charge is -1.99. The SMILES string of the molecule is COC(=O)c1csc(COC(=O)c2cc(S(N)(=O)=O)cs2)n1. The molecule has 0 radical (unpaired) electrons. The molecule has 2 N–H and O–H groups in total. The van der Waals surface area contributed by atoms with Gasteiger partial charge in [-0.1, -0.05) is 0 Å². The maximum atomic E-state index is 11.8. The molecule has 0 saturated heterocycles. The quantitative estimate of drug-likeness (QED) is 0.786. The standard InChI is InChI=1S/C11H10N2O6S3/c1-18-10(14)7-5-21-9(13-7)3-19-11(15)8-2-6(4-20-8)22(12,16)17/h2,4-5H,3H2,1H3,(H2,12,16,17). The normalized spacial score (nSPS) is 11.2. The van der Waals surface area contributed by atoms with Crippen molar-refractivity contribution in [3.05, 3.63) is 32.4 Å². The average Bonchev–Trinajstić information content (AvgIpc) is 3.12. The summed E-state index contributed by atoms with van der Waals surface area (Å²) in [5.74, 6) is -1.28. The summed E-state index contributed by atoms with van der Waals surface area (Å²) in [5, 5.41) is 8.11. The van der Waals surface area contributed by atoms with Crippen LogP contribution in [0.25, 0.3) is 0 Å². The first-order valence-corrected chi connectivity index (χ1v) is 8.93. The predicted molar refractivity (Wildman–Crippen MR) is 78.3 cm³/mol. The van der Waals surface area contributed by atoms with Crippen molar-refractivity contribution in [3.63, 3.8) is 0 Å². The summed E-state index contributed by atoms with van der Waals surface area (Å²) in [6, 6.07) is 1.14. The number of hydrogen-bond donors (Lipinski definition) is 1. The molecule has 0 aliphatic rings. The number of nitrogens with zero attached hydrogens (tertiary/aromatic N) is 1. The molecule has 8 nitrogen and oxygen atoms in total. The monoisotopic (exact) mass is 362 g/mol. The summed E-state index contributed by atoms with van der Waals surface area (Å²) in [4.78, 5) is 26.9. The maximum absolute atomic E-state index is 11.8. The highest BCUT2D eigenvalue weighted by Gasteiger charge is 2.17. The van der Waals surface area contributed by atoms with Crippen molar-refractivity contribution in [1.29, 1.82) is 0 Å². The Kier molecular flexibility index (Phi) is 4.90. The minimum Gasteiger partial charge on any atom is -0.464 e. The number of thiazole rings is 1. The second-order valence-corrected chi connectivity index (χ2v) is 7.30. The highest BCUT2D eigenvalue weighted by Crippen LogP contribution is 2.20. The Balaban J connectivity index is 1.99. The van der Waals surface area contributed by atoms with Crippen LogP contribution in [0.2, 0.25) is 0 Å². The Morgan fingerprint density at radius 2 is 2.00 bits per heavy atom. The first-order chi connectivity index (χ1) is 10.3. The van der Waals surface area contributed by atoms with Crippen molar-refractivity contribution in [2.75, 3.05) is 7.11 Å². The van der Waals surface area contributed by atoms with Crippen molar-refractivity contribution < 1.29 is 27.5 Å². The fourth-order valence-corrected chi connectivity index (χ4v) is 3.72. The van der Waals surface area contributed by atoms with E-state index in [2.05, 4.69) is 9.72 Å². The molecule has 0 bridgehead atoms. The van der Waals surface area contributed by atoms with E-state index in [1.54, 1.807) is 0 Å². The second-order valence-electron chi connectivity index (χ2n) is 3.89. The van der Waals surface area contributed by atoms with Gasteiger partial charge in [0.15, 0.2) is 5.69 Å². The zero-order valence-corrected chi connectivity index (χ0v) is 13.6. The van der Waals surface area contributed by atoms with Crippen molar-refractivity contribution in [3.8, 4) is 0 Å². The van der Waals surface area contributed by atoms with Gasteiger partial charge in [0.1, 0.15) is 16.5 Å². The Labute approximate surface area is 133 Å². The van der Waals surface area contributed by atoms with Gasteiger partial charge in [-0.2, -0.15) is 0 Å². The zero-order valence-electron chi connectivity index (χ0n) is 11.1. The number of thiophene rings is 1. The lowest BCUT2D eigenvalue weighted by molar-refractivity contribution is 0.0478. The van der Waals surface area contributed by atoms with E-state index in [1.165, 1.54) is 17.9 Å². The number of ether oxygens (including phenoxy) is 2. The number of hydrogen-bond acceptors (Lipinski definition) is 9. The fraction of sp³-hybridized carbons (Fsp3) is 0.182. The Hall–Kier alpha value is -1.82. The Morgan fingerprint density at radius 3 is 2.59 bits per heavy atom. The van der Waals surface area contributed by atoms with Gasteiger partial charge in [-0.05, 0) is 6.07 Å². The number of carbonyl (C=O) groups excluding carboxylic acids is 2. The summed E-state index contributed by atoms with van der Waals surface area (Å²) in [6.07, 6.45) is 0. The van der Waals surface area contributed by atoms with Gasteiger partial charge < -0.3 is 9.47 Å². The molecule has 22 heavy (non-hydrogen) atoms. The lowest BCUT2D eigenvalue weighted by atomic mass is 10.5. The number of methoxy groups -OCH3 is 1. The Bertz CT molecular complexity index is 807. The van der Waals surface area contributed by atoms with Crippen LogP contribution in [0.15, 0.2) is 21.7 Å². The van der Waals surface area contributed by atoms with E-state index in [0.29, 0.717) is 5.01 Å². The van der Waals surface area contributed by atoms with Crippen LogP contribution in [0, 0.1) is 0 Å². The number of rotatable bonds is 5. The largest absolute Gasteiger partial charge is 0.464 e. The van der Waals surface area contributed by atoms with Gasteiger partial charge in [0, 0.05) is 10.8 Å². The molecule has 0 aromatic carbocycles. The third-order valence-electron chi connectivity index (χ3n) is 2.38. The minimum absolute atomic E-state index is 0.105. The number of primary sulfonamides is 1. The van der Waals surface area contributed by atoms with Gasteiger partial charge in [0.2, 0.25) is 10.0 Å². The molecule has 0 spiro atoms. The third kappa shape index (κ3) is 3.88. The summed E-state index contributed by atoms with van der Waals surface area (Å²) in [7, 11) is -2.61. The molecule has 2 rings (SSSR count). The first kappa shape index (κ1) is 16.5. The number of nitrogens with two attached hydrogens (primary N) is 1. The van der Waals surface area contributed by atoms with Gasteiger partial charge in [-0.3, -0.25) is 0 Å². The molecule has 2 heterocycles. The number of carbonyl (C=O) groups is 2. The van der Waals surface area contributed by atoms with E-state index in [4.69, 9.17) is 9.88 Å². The molecule has 11 heteroatoms. The topological polar surface area (TPSA) is 126 Å². The van der Waals surface area contributed by atoms with Crippen LogP contribution in [-0.2, 0) is 26.1 Å². The van der Waals surface area contributed by atoms with Crippen molar-refractivity contribution in [1.82, 2.24) is 4.98 Å². The smallest absolute Gasteiger partial charge is 0.357 e. The van der Waals surface area contributed by atoms with Crippen LogP contribution in [0.3, 0.4) is 0 Å². The fourth-order valence-electron chi connectivity index (χ4n) is 1.35. The van der Waals surface area contributed by atoms with Gasteiger partial charge in [-0.15, -0.1) is 22.7 Å². The van der Waals surface area contributed by atoms with Gasteiger partial charge in [0.05, 0.1) is 12.0 Å². The molecule has 0 amide bonds. The van der Waals surface area contributed by atoms with Crippen molar-refractivity contribution >= 4 is 44.6 Å². The van der Waals surface area contributed by atoms with E-state index in [0.717, 1.165) is 28.7 Å². The number of aromatic nitrogens is 1. The molecule has 0 aliphatic heterocycles. The molecule has 0 saturated carbocycles. The van der Waals surface area contributed by atoms with E-state index < -0.39 is 22.0 Å². The van der Waals surface area contributed by atoms with Crippen LogP contribution in [0.5, 0.6) is 0 Å². The average molecular weight is 362 g/mol. The molecule has 0 atom stereocenters.